The molecule has 0 N–H and O–H groups in total. The Hall–Kier alpha value is -2.48. The monoisotopic (exact) mass is 424 g/mol. The molecule has 154 valence electrons. The first kappa shape index (κ1) is 23.6. The molecular formula is C17H17F5N2O3S. The van der Waals surface area contributed by atoms with Crippen LogP contribution in [0.3, 0.4) is 0 Å². The highest BCUT2D eigenvalue weighted by Gasteiger charge is 2.58. The van der Waals surface area contributed by atoms with Crippen molar-refractivity contribution >= 4 is 15.5 Å². The zero-order valence-electron chi connectivity index (χ0n) is 15.1. The van der Waals surface area contributed by atoms with E-state index in [9.17, 15) is 30.4 Å². The molecule has 5 nitrogen and oxygen atoms in total. The molecule has 1 aromatic rings. The van der Waals surface area contributed by atoms with Gasteiger partial charge in [-0.05, 0) is 26.0 Å². The first-order valence-corrected chi connectivity index (χ1v) is 9.46. The quantitative estimate of drug-likeness (QED) is 0.373. The molecule has 0 bridgehead atoms. The van der Waals surface area contributed by atoms with Crippen LogP contribution < -0.4 is 0 Å². The molecule has 1 rings (SSSR count). The molecule has 0 saturated carbocycles. The molecule has 0 spiro atoms. The van der Waals surface area contributed by atoms with Crippen molar-refractivity contribution in [2.45, 2.75) is 37.8 Å². The third-order valence-electron chi connectivity index (χ3n) is 3.55. The Labute approximate surface area is 159 Å². The highest BCUT2D eigenvalue weighted by Crippen LogP contribution is 2.35. The summed E-state index contributed by atoms with van der Waals surface area (Å²) in [7, 11) is -3.70. The molecule has 0 aliphatic carbocycles. The van der Waals surface area contributed by atoms with Crippen LogP contribution in [0, 0.1) is 11.3 Å². The van der Waals surface area contributed by atoms with Gasteiger partial charge in [0.05, 0.1) is 28.5 Å². The largest absolute Gasteiger partial charge is 0.490 e. The summed E-state index contributed by atoms with van der Waals surface area (Å²) in [6.45, 7) is 2.07. The molecule has 1 aromatic carbocycles. The summed E-state index contributed by atoms with van der Waals surface area (Å²) in [5.41, 5.74) is 0.431. The molecule has 11 heteroatoms. The van der Waals surface area contributed by atoms with Gasteiger partial charge in [-0.15, -0.1) is 0 Å². The topological polar surface area (TPSA) is 79.5 Å². The molecule has 0 aliphatic rings. The second kappa shape index (κ2) is 8.68. The zero-order valence-corrected chi connectivity index (χ0v) is 16.0. The van der Waals surface area contributed by atoms with Crippen molar-refractivity contribution in [3.8, 4) is 6.07 Å². The van der Waals surface area contributed by atoms with Crippen LogP contribution in [0.5, 0.6) is 0 Å². The fourth-order valence-corrected chi connectivity index (χ4v) is 3.05. The van der Waals surface area contributed by atoms with E-state index in [1.54, 1.807) is 0 Å². The Balaban J connectivity index is 3.15. The molecule has 0 atom stereocenters. The number of hydrogen-bond acceptors (Lipinski definition) is 5. The molecule has 0 unspecified atom stereocenters. The van der Waals surface area contributed by atoms with Crippen molar-refractivity contribution in [3.05, 3.63) is 41.3 Å². The normalized spacial score (nSPS) is 14.0. The van der Waals surface area contributed by atoms with Crippen LogP contribution >= 0.6 is 0 Å². The third kappa shape index (κ3) is 5.76. The van der Waals surface area contributed by atoms with Crippen LogP contribution in [-0.2, 0) is 14.6 Å². The van der Waals surface area contributed by atoms with Crippen LogP contribution in [-0.4, -0.2) is 38.6 Å². The van der Waals surface area contributed by atoms with Gasteiger partial charge in [0.15, 0.2) is 16.4 Å². The Morgan fingerprint density at radius 1 is 1.25 bits per heavy atom. The molecule has 0 amide bonds. The fourth-order valence-electron chi connectivity index (χ4n) is 1.88. The van der Waals surface area contributed by atoms with Crippen molar-refractivity contribution < 1.29 is 35.1 Å². The predicted octanol–water partition coefficient (Wildman–Crippen LogP) is 4.24. The van der Waals surface area contributed by atoms with Gasteiger partial charge in [-0.25, -0.2) is 8.42 Å². The number of rotatable bonds is 7. The van der Waals surface area contributed by atoms with Crippen LogP contribution in [0.4, 0.5) is 22.0 Å². The third-order valence-corrected chi connectivity index (χ3v) is 5.32. The average molecular weight is 424 g/mol. The van der Waals surface area contributed by atoms with Crippen molar-refractivity contribution in [2.75, 3.05) is 12.4 Å². The molecule has 0 aromatic heterocycles. The van der Waals surface area contributed by atoms with Crippen LogP contribution in [0.2, 0.25) is 0 Å². The SMILES string of the molecule is CCS(=O)(=O)c1cc(C#N)ccc1C(C)=N/C=C(\C)OCC(F)(F)C(F)(F)F. The van der Waals surface area contributed by atoms with Crippen LogP contribution in [0.1, 0.15) is 31.9 Å². The summed E-state index contributed by atoms with van der Waals surface area (Å²) in [4.78, 5) is 3.74. The number of benzene rings is 1. The Morgan fingerprint density at radius 3 is 2.36 bits per heavy atom. The van der Waals surface area contributed by atoms with E-state index < -0.39 is 28.5 Å². The van der Waals surface area contributed by atoms with Crippen LogP contribution in [0.15, 0.2) is 40.0 Å². The maximum Gasteiger partial charge on any atom is 0.456 e. The standard InChI is InChI=1S/C17H17F5N2O3S/c1-4-28(25,26)15-7-13(8-23)5-6-14(15)12(3)24-9-11(2)27-10-16(18,19)17(20,21)22/h5-7,9H,4,10H2,1-3H3/b11-9+,24-12?. The summed E-state index contributed by atoms with van der Waals surface area (Å²) < 4.78 is 90.9. The summed E-state index contributed by atoms with van der Waals surface area (Å²) in [5.74, 6) is -5.57. The lowest BCUT2D eigenvalue weighted by atomic mass is 10.1. The lowest BCUT2D eigenvalue weighted by Crippen LogP contribution is -2.40. The van der Waals surface area contributed by atoms with Crippen molar-refractivity contribution in [3.63, 3.8) is 0 Å². The van der Waals surface area contributed by atoms with E-state index in [2.05, 4.69) is 9.73 Å². The molecular weight excluding hydrogens is 407 g/mol. The van der Waals surface area contributed by atoms with Crippen molar-refractivity contribution in [1.29, 1.82) is 5.26 Å². The Bertz CT molecular complexity index is 929. The minimum atomic E-state index is -5.74. The maximum atomic E-state index is 12.8. The lowest BCUT2D eigenvalue weighted by Gasteiger charge is -2.19. The second-order valence-corrected chi connectivity index (χ2v) is 7.92. The molecule has 0 heterocycles. The number of hydrogen-bond donors (Lipinski definition) is 0. The van der Waals surface area contributed by atoms with E-state index in [1.165, 1.54) is 32.0 Å². The average Bonchev–Trinajstić information content (AvgIpc) is 2.62. The van der Waals surface area contributed by atoms with Gasteiger partial charge in [-0.2, -0.15) is 27.2 Å². The minimum absolute atomic E-state index is 0.119. The summed E-state index contributed by atoms with van der Waals surface area (Å²) in [6.07, 6.45) is -4.83. The number of nitriles is 1. The van der Waals surface area contributed by atoms with E-state index in [4.69, 9.17) is 5.26 Å². The lowest BCUT2D eigenvalue weighted by molar-refractivity contribution is -0.293. The van der Waals surface area contributed by atoms with Gasteiger partial charge in [-0.3, -0.25) is 4.99 Å². The van der Waals surface area contributed by atoms with Crippen LogP contribution in [0.25, 0.3) is 0 Å². The van der Waals surface area contributed by atoms with Gasteiger partial charge >= 0.3 is 12.1 Å². The fraction of sp³-hybridized carbons (Fsp3) is 0.412. The summed E-state index contributed by atoms with van der Waals surface area (Å²) in [5, 5.41) is 8.95. The maximum absolute atomic E-state index is 12.8. The second-order valence-electron chi connectivity index (χ2n) is 5.67. The number of alkyl halides is 5. The van der Waals surface area contributed by atoms with Crippen molar-refractivity contribution in [2.24, 2.45) is 4.99 Å². The molecule has 0 fully saturated rings. The minimum Gasteiger partial charge on any atom is -0.490 e. The first-order valence-electron chi connectivity index (χ1n) is 7.81. The molecule has 0 radical (unpaired) electrons. The Morgan fingerprint density at radius 2 is 1.86 bits per heavy atom. The van der Waals surface area contributed by atoms with Gasteiger partial charge in [0.1, 0.15) is 5.76 Å². The van der Waals surface area contributed by atoms with E-state index >= 15 is 0 Å². The van der Waals surface area contributed by atoms with Gasteiger partial charge < -0.3 is 4.74 Å². The summed E-state index contributed by atoms with van der Waals surface area (Å²) in [6, 6.07) is 5.75. The number of sulfone groups is 1. The van der Waals surface area contributed by atoms with Crippen molar-refractivity contribution in [1.82, 2.24) is 0 Å². The predicted molar refractivity (Wildman–Crippen MR) is 91.8 cm³/mol. The van der Waals surface area contributed by atoms with E-state index in [1.807, 2.05) is 6.07 Å². The van der Waals surface area contributed by atoms with Gasteiger partial charge in [0, 0.05) is 11.3 Å². The Kier molecular flexibility index (Phi) is 7.31. The molecule has 0 aliphatic heterocycles. The summed E-state index contributed by atoms with van der Waals surface area (Å²) >= 11 is 0. The number of aliphatic imine (C=N–C) groups is 1. The number of halogens is 5. The number of allylic oxidation sites excluding steroid dienone is 1. The van der Waals surface area contributed by atoms with Gasteiger partial charge in [0.2, 0.25) is 0 Å². The van der Waals surface area contributed by atoms with Gasteiger partial charge in [0.25, 0.3) is 0 Å². The smallest absolute Gasteiger partial charge is 0.456 e. The first-order chi connectivity index (χ1) is 12.7. The molecule has 0 saturated heterocycles. The number of ether oxygens (including phenoxy) is 1. The molecule has 28 heavy (non-hydrogen) atoms. The van der Waals surface area contributed by atoms with E-state index in [-0.39, 0.29) is 33.2 Å². The highest BCUT2D eigenvalue weighted by molar-refractivity contribution is 7.91. The van der Waals surface area contributed by atoms with E-state index in [0.29, 0.717) is 0 Å². The highest BCUT2D eigenvalue weighted by atomic mass is 32.2. The zero-order chi connectivity index (χ0) is 21.8. The number of nitrogens with zero attached hydrogens (tertiary/aromatic N) is 2. The van der Waals surface area contributed by atoms with E-state index in [0.717, 1.165) is 13.1 Å². The van der Waals surface area contributed by atoms with Gasteiger partial charge in [-0.1, -0.05) is 13.0 Å².